The number of anilines is 5. The molecule has 8 aromatic carbocycles. The van der Waals surface area contributed by atoms with Crippen molar-refractivity contribution >= 4 is 61.4 Å². The van der Waals surface area contributed by atoms with Gasteiger partial charge in [0, 0.05) is 27.8 Å². The Morgan fingerprint density at radius 2 is 1.09 bits per heavy atom. The standard InChI is InChI=1S/C55H39N3/c1-6-18-38(19-7-1)48-36-51(57(41-23-10-3-11-24-41)42-25-12-4-13-26-42)46-33-31-45-49(39-20-8-2-9-21-39)37-52(47-34-32-44(48)54(46)55(45)47)58(43-27-14-5-15-28-43)53-35-30-40-22-16-17-29-50(40)56-53/h1-30,32-37,51H,31H2. The SMILES string of the molecule is C1=C(c2ccccc2)c2ccc3c(N(c4ccccc4)c4ccc5ccccc5n4)cc(-c4ccccc4)c4c3c2C(=CC4)C1N(c1ccccc1)c1ccccc1. The summed E-state index contributed by atoms with van der Waals surface area (Å²) < 4.78 is 0. The maximum absolute atomic E-state index is 5.33. The Morgan fingerprint density at radius 3 is 1.76 bits per heavy atom. The molecule has 0 aliphatic heterocycles. The van der Waals surface area contributed by atoms with Crippen molar-refractivity contribution in [3.63, 3.8) is 0 Å². The lowest BCUT2D eigenvalue weighted by Crippen LogP contribution is -2.34. The maximum Gasteiger partial charge on any atom is 0.138 e. The molecular weight excluding hydrogens is 703 g/mol. The summed E-state index contributed by atoms with van der Waals surface area (Å²) in [6.07, 6.45) is 5.82. The highest BCUT2D eigenvalue weighted by molar-refractivity contribution is 6.14. The molecule has 0 saturated heterocycles. The molecule has 3 nitrogen and oxygen atoms in total. The van der Waals surface area contributed by atoms with Crippen molar-refractivity contribution in [2.24, 2.45) is 0 Å². The average Bonchev–Trinajstić information content (AvgIpc) is 3.30. The zero-order chi connectivity index (χ0) is 38.4. The third-order valence-corrected chi connectivity index (χ3v) is 11.7. The van der Waals surface area contributed by atoms with Gasteiger partial charge in [-0.3, -0.25) is 4.90 Å². The van der Waals surface area contributed by atoms with E-state index in [-0.39, 0.29) is 6.04 Å². The summed E-state index contributed by atoms with van der Waals surface area (Å²) in [5, 5.41) is 3.63. The number of para-hydroxylation sites is 4. The van der Waals surface area contributed by atoms with Crippen LogP contribution in [0.25, 0.3) is 43.9 Å². The Labute approximate surface area is 339 Å². The number of nitrogens with zero attached hydrogens (tertiary/aromatic N) is 3. The zero-order valence-corrected chi connectivity index (χ0v) is 31.9. The first-order valence-electron chi connectivity index (χ1n) is 20.1. The minimum absolute atomic E-state index is 0.0672. The first-order valence-corrected chi connectivity index (χ1v) is 20.1. The van der Waals surface area contributed by atoms with E-state index in [2.05, 4.69) is 228 Å². The van der Waals surface area contributed by atoms with Gasteiger partial charge in [-0.25, -0.2) is 4.98 Å². The van der Waals surface area contributed by atoms with Crippen LogP contribution in [0.4, 0.5) is 28.6 Å². The molecule has 0 spiro atoms. The van der Waals surface area contributed by atoms with Crippen LogP contribution < -0.4 is 9.80 Å². The van der Waals surface area contributed by atoms with Crippen molar-refractivity contribution in [1.82, 2.24) is 4.98 Å². The topological polar surface area (TPSA) is 19.4 Å². The summed E-state index contributed by atoms with van der Waals surface area (Å²) in [6.45, 7) is 0. The van der Waals surface area contributed by atoms with Gasteiger partial charge in [-0.2, -0.15) is 0 Å². The van der Waals surface area contributed by atoms with Crippen LogP contribution in [-0.4, -0.2) is 11.0 Å². The van der Waals surface area contributed by atoms with Gasteiger partial charge in [0.1, 0.15) is 5.82 Å². The van der Waals surface area contributed by atoms with Crippen molar-refractivity contribution < 1.29 is 0 Å². The number of pyridine rings is 1. The summed E-state index contributed by atoms with van der Waals surface area (Å²) in [4.78, 5) is 10.2. The fraction of sp³-hybridized carbons (Fsp3) is 0.0364. The molecule has 1 aromatic heterocycles. The van der Waals surface area contributed by atoms with Gasteiger partial charge in [0.25, 0.3) is 0 Å². The van der Waals surface area contributed by atoms with Crippen molar-refractivity contribution in [2.75, 3.05) is 9.80 Å². The summed E-state index contributed by atoms with van der Waals surface area (Å²) in [7, 11) is 0. The Hall–Kier alpha value is -7.49. The van der Waals surface area contributed by atoms with Crippen LogP contribution in [0.2, 0.25) is 0 Å². The molecule has 0 fully saturated rings. The predicted octanol–water partition coefficient (Wildman–Crippen LogP) is 14.1. The number of hydrogen-bond acceptors (Lipinski definition) is 3. The fourth-order valence-corrected chi connectivity index (χ4v) is 9.16. The van der Waals surface area contributed by atoms with Crippen LogP contribution in [-0.2, 0) is 6.42 Å². The molecule has 3 heteroatoms. The van der Waals surface area contributed by atoms with Crippen LogP contribution in [0.1, 0.15) is 22.3 Å². The smallest absolute Gasteiger partial charge is 0.138 e. The van der Waals surface area contributed by atoms with Gasteiger partial charge >= 0.3 is 0 Å². The molecule has 1 heterocycles. The lowest BCUT2D eigenvalue weighted by molar-refractivity contribution is 0.946. The highest BCUT2D eigenvalue weighted by Crippen LogP contribution is 2.52. The van der Waals surface area contributed by atoms with Crippen LogP contribution >= 0.6 is 0 Å². The average molecular weight is 742 g/mol. The number of hydrogen-bond donors (Lipinski definition) is 0. The van der Waals surface area contributed by atoms with Crippen molar-refractivity contribution in [3.8, 4) is 11.1 Å². The minimum atomic E-state index is -0.0672. The maximum atomic E-state index is 5.33. The number of benzene rings is 8. The number of aromatic nitrogens is 1. The van der Waals surface area contributed by atoms with Crippen LogP contribution in [0.5, 0.6) is 0 Å². The van der Waals surface area contributed by atoms with E-state index in [1.165, 1.54) is 55.3 Å². The molecule has 9 aromatic rings. The Bertz CT molecular complexity index is 2970. The van der Waals surface area contributed by atoms with Crippen LogP contribution in [0, 0.1) is 0 Å². The molecule has 11 rings (SSSR count). The lowest BCUT2D eigenvalue weighted by Gasteiger charge is -2.40. The van der Waals surface area contributed by atoms with Gasteiger partial charge in [-0.15, -0.1) is 0 Å². The Morgan fingerprint density at radius 1 is 0.500 bits per heavy atom. The van der Waals surface area contributed by atoms with E-state index >= 15 is 0 Å². The monoisotopic (exact) mass is 741 g/mol. The second-order valence-corrected chi connectivity index (χ2v) is 15.0. The van der Waals surface area contributed by atoms with E-state index in [1.807, 2.05) is 0 Å². The quantitative estimate of drug-likeness (QED) is 0.155. The van der Waals surface area contributed by atoms with E-state index in [9.17, 15) is 0 Å². The largest absolute Gasteiger partial charge is 0.330 e. The third kappa shape index (κ3) is 5.71. The van der Waals surface area contributed by atoms with E-state index in [4.69, 9.17) is 4.98 Å². The highest BCUT2D eigenvalue weighted by atomic mass is 15.2. The van der Waals surface area contributed by atoms with E-state index in [0.29, 0.717) is 0 Å². The highest BCUT2D eigenvalue weighted by Gasteiger charge is 2.35. The molecule has 0 N–H and O–H groups in total. The Balaban J connectivity index is 1.24. The first-order chi connectivity index (χ1) is 28.8. The van der Waals surface area contributed by atoms with Gasteiger partial charge in [0.2, 0.25) is 0 Å². The molecule has 2 aliphatic carbocycles. The van der Waals surface area contributed by atoms with Gasteiger partial charge in [0.15, 0.2) is 0 Å². The van der Waals surface area contributed by atoms with Crippen LogP contribution in [0.15, 0.2) is 218 Å². The van der Waals surface area contributed by atoms with E-state index in [0.717, 1.165) is 45.9 Å². The molecular formula is C55H39N3. The van der Waals surface area contributed by atoms with Crippen molar-refractivity contribution in [3.05, 3.63) is 241 Å². The third-order valence-electron chi connectivity index (χ3n) is 11.7. The molecule has 58 heavy (non-hydrogen) atoms. The first kappa shape index (κ1) is 33.8. The molecule has 1 atom stereocenters. The van der Waals surface area contributed by atoms with Gasteiger partial charge in [0.05, 0.1) is 17.2 Å². The molecule has 0 saturated carbocycles. The normalized spacial score (nSPS) is 14.2. The van der Waals surface area contributed by atoms with E-state index in [1.54, 1.807) is 0 Å². The summed E-state index contributed by atoms with van der Waals surface area (Å²) in [5.41, 5.74) is 15.6. The summed E-state index contributed by atoms with van der Waals surface area (Å²) in [6, 6.07) is 74.1. The molecule has 0 radical (unpaired) electrons. The van der Waals surface area contributed by atoms with Crippen LogP contribution in [0.3, 0.4) is 0 Å². The van der Waals surface area contributed by atoms with Gasteiger partial charge < -0.3 is 4.90 Å². The summed E-state index contributed by atoms with van der Waals surface area (Å²) >= 11 is 0. The zero-order valence-electron chi connectivity index (χ0n) is 31.9. The fourth-order valence-electron chi connectivity index (χ4n) is 9.16. The second kappa shape index (κ2) is 14.2. The molecule has 0 amide bonds. The van der Waals surface area contributed by atoms with E-state index < -0.39 is 0 Å². The van der Waals surface area contributed by atoms with Gasteiger partial charge in [-0.05, 0) is 123 Å². The second-order valence-electron chi connectivity index (χ2n) is 15.0. The minimum Gasteiger partial charge on any atom is -0.330 e. The number of fused-ring (bicyclic) bond motifs is 1. The number of allylic oxidation sites excluding steroid dienone is 1. The Kier molecular flexibility index (Phi) is 8.29. The van der Waals surface area contributed by atoms with Crippen molar-refractivity contribution in [2.45, 2.75) is 12.5 Å². The molecule has 274 valence electrons. The molecule has 1 unspecified atom stereocenters. The molecule has 2 aliphatic rings. The predicted molar refractivity (Wildman–Crippen MR) is 243 cm³/mol. The van der Waals surface area contributed by atoms with Crippen molar-refractivity contribution in [1.29, 1.82) is 0 Å². The van der Waals surface area contributed by atoms with Gasteiger partial charge in [-0.1, -0.05) is 152 Å². The lowest BCUT2D eigenvalue weighted by atomic mass is 9.73. The summed E-state index contributed by atoms with van der Waals surface area (Å²) in [5.74, 6) is 0.880. The number of rotatable bonds is 8. The molecule has 0 bridgehead atoms.